The maximum Gasteiger partial charge on any atom is 0.310 e. The molecule has 0 heterocycles. The Labute approximate surface area is 106 Å². The first kappa shape index (κ1) is 13.4. The minimum Gasteiger partial charge on any atom is -0.495 e. The van der Waals surface area contributed by atoms with E-state index in [4.69, 9.17) is 14.7 Å². The third-order valence-electron chi connectivity index (χ3n) is 2.18. The first-order chi connectivity index (χ1) is 8.13. The molecule has 0 atom stereocenters. The molecule has 90 valence electrons. The lowest BCUT2D eigenvalue weighted by atomic mass is 10.1. The van der Waals surface area contributed by atoms with Crippen molar-refractivity contribution in [2.45, 2.75) is 18.2 Å². The summed E-state index contributed by atoms with van der Waals surface area (Å²) in [7, 11) is 1.48. The van der Waals surface area contributed by atoms with E-state index in [2.05, 4.69) is 12.6 Å². The van der Waals surface area contributed by atoms with Gasteiger partial charge in [-0.3, -0.25) is 4.79 Å². The summed E-state index contributed by atoms with van der Waals surface area (Å²) in [6.45, 7) is 2.09. The van der Waals surface area contributed by atoms with Crippen molar-refractivity contribution in [2.24, 2.45) is 0 Å². The van der Waals surface area contributed by atoms with Gasteiger partial charge >= 0.3 is 5.97 Å². The predicted octanol–water partition coefficient (Wildman–Crippen LogP) is 1.96. The molecule has 0 saturated carbocycles. The van der Waals surface area contributed by atoms with Crippen LogP contribution in [0.3, 0.4) is 0 Å². The van der Waals surface area contributed by atoms with E-state index in [1.165, 1.54) is 7.11 Å². The first-order valence-electron chi connectivity index (χ1n) is 5.08. The van der Waals surface area contributed by atoms with Crippen molar-refractivity contribution < 1.29 is 14.3 Å². The zero-order valence-corrected chi connectivity index (χ0v) is 10.6. The Hall–Kier alpha value is -1.67. The Morgan fingerprint density at radius 1 is 1.53 bits per heavy atom. The first-order valence-corrected chi connectivity index (χ1v) is 5.53. The smallest absolute Gasteiger partial charge is 0.310 e. The van der Waals surface area contributed by atoms with Crippen LogP contribution in [0.25, 0.3) is 0 Å². The number of methoxy groups -OCH3 is 1. The highest BCUT2D eigenvalue weighted by Crippen LogP contribution is 2.30. The Bertz CT molecular complexity index is 466. The maximum absolute atomic E-state index is 11.4. The van der Waals surface area contributed by atoms with Crippen molar-refractivity contribution >= 4 is 18.6 Å². The van der Waals surface area contributed by atoms with Gasteiger partial charge in [0.1, 0.15) is 11.8 Å². The molecule has 0 N–H and O–H groups in total. The highest BCUT2D eigenvalue weighted by Gasteiger charge is 2.14. The van der Waals surface area contributed by atoms with E-state index in [1.807, 2.05) is 6.07 Å². The van der Waals surface area contributed by atoms with Crippen LogP contribution >= 0.6 is 12.6 Å². The second-order valence-corrected chi connectivity index (χ2v) is 3.69. The van der Waals surface area contributed by atoms with Gasteiger partial charge in [0, 0.05) is 5.56 Å². The number of nitrogens with zero attached hydrogens (tertiary/aromatic N) is 1. The monoisotopic (exact) mass is 251 g/mol. The van der Waals surface area contributed by atoms with E-state index in [0.29, 0.717) is 28.4 Å². The largest absolute Gasteiger partial charge is 0.495 e. The fourth-order valence-corrected chi connectivity index (χ4v) is 1.80. The van der Waals surface area contributed by atoms with Crippen molar-refractivity contribution in [1.29, 1.82) is 5.26 Å². The van der Waals surface area contributed by atoms with Crippen LogP contribution in [0.4, 0.5) is 0 Å². The van der Waals surface area contributed by atoms with E-state index in [-0.39, 0.29) is 12.4 Å². The van der Waals surface area contributed by atoms with Crippen molar-refractivity contribution in [3.05, 3.63) is 23.3 Å². The summed E-state index contributed by atoms with van der Waals surface area (Å²) in [5.41, 5.74) is 1.08. The molecule has 5 heteroatoms. The molecule has 17 heavy (non-hydrogen) atoms. The van der Waals surface area contributed by atoms with E-state index >= 15 is 0 Å². The number of nitriles is 1. The highest BCUT2D eigenvalue weighted by atomic mass is 32.1. The summed E-state index contributed by atoms with van der Waals surface area (Å²) >= 11 is 4.22. The molecule has 1 aromatic carbocycles. The predicted molar refractivity (Wildman–Crippen MR) is 65.3 cm³/mol. The van der Waals surface area contributed by atoms with Crippen LogP contribution in [0.1, 0.15) is 18.1 Å². The van der Waals surface area contributed by atoms with Gasteiger partial charge in [-0.1, -0.05) is 6.07 Å². The van der Waals surface area contributed by atoms with Gasteiger partial charge in [-0.15, -0.1) is 12.6 Å². The molecule has 4 nitrogen and oxygen atoms in total. The van der Waals surface area contributed by atoms with Crippen LogP contribution in [-0.4, -0.2) is 19.7 Å². The van der Waals surface area contributed by atoms with Crippen molar-refractivity contribution in [1.82, 2.24) is 0 Å². The Morgan fingerprint density at radius 2 is 2.24 bits per heavy atom. The van der Waals surface area contributed by atoms with Crippen LogP contribution in [0.15, 0.2) is 17.0 Å². The molecule has 0 spiro atoms. The van der Waals surface area contributed by atoms with Gasteiger partial charge in [0.15, 0.2) is 0 Å². The fourth-order valence-electron chi connectivity index (χ4n) is 1.44. The second-order valence-electron chi connectivity index (χ2n) is 3.25. The fraction of sp³-hybridized carbons (Fsp3) is 0.333. The molecule has 0 saturated heterocycles. The third-order valence-corrected chi connectivity index (χ3v) is 2.62. The molecule has 1 rings (SSSR count). The van der Waals surface area contributed by atoms with Crippen molar-refractivity contribution in [3.8, 4) is 11.8 Å². The lowest BCUT2D eigenvalue weighted by Gasteiger charge is -2.11. The number of carbonyl (C=O) groups excluding carboxylic acids is 1. The van der Waals surface area contributed by atoms with Crippen LogP contribution in [0, 0.1) is 11.3 Å². The van der Waals surface area contributed by atoms with E-state index < -0.39 is 0 Å². The van der Waals surface area contributed by atoms with Gasteiger partial charge in [-0.05, 0) is 13.0 Å². The number of esters is 1. The van der Waals surface area contributed by atoms with E-state index in [1.54, 1.807) is 19.1 Å². The summed E-state index contributed by atoms with van der Waals surface area (Å²) in [6.07, 6.45) is 0.107. The lowest BCUT2D eigenvalue weighted by Crippen LogP contribution is -2.09. The summed E-state index contributed by atoms with van der Waals surface area (Å²) in [6, 6.07) is 5.29. The van der Waals surface area contributed by atoms with Crippen LogP contribution in [0.5, 0.6) is 5.75 Å². The van der Waals surface area contributed by atoms with Gasteiger partial charge in [0.2, 0.25) is 0 Å². The molecule has 0 bridgehead atoms. The standard InChI is InChI=1S/C12H13NO3S/c1-3-16-10(14)6-8-4-5-9(7-13)12(17)11(8)15-2/h4-5,17H,3,6H2,1-2H3. The van der Waals surface area contributed by atoms with E-state index in [0.717, 1.165) is 0 Å². The topological polar surface area (TPSA) is 59.3 Å². The average molecular weight is 251 g/mol. The Kier molecular flexibility index (Phi) is 4.85. The summed E-state index contributed by atoms with van der Waals surface area (Å²) in [4.78, 5) is 11.8. The number of carbonyl (C=O) groups is 1. The quantitative estimate of drug-likeness (QED) is 0.656. The molecular weight excluding hydrogens is 238 g/mol. The van der Waals surface area contributed by atoms with Gasteiger partial charge in [-0.25, -0.2) is 0 Å². The number of hydrogen-bond donors (Lipinski definition) is 1. The lowest BCUT2D eigenvalue weighted by molar-refractivity contribution is -0.142. The number of thiol groups is 1. The minimum atomic E-state index is -0.330. The number of benzene rings is 1. The number of hydrogen-bond acceptors (Lipinski definition) is 5. The highest BCUT2D eigenvalue weighted by molar-refractivity contribution is 7.80. The van der Waals surface area contributed by atoms with Gasteiger partial charge in [0.05, 0.1) is 30.6 Å². The summed E-state index contributed by atoms with van der Waals surface area (Å²) < 4.78 is 10.0. The maximum atomic E-state index is 11.4. The van der Waals surface area contributed by atoms with Crippen LogP contribution < -0.4 is 4.74 Å². The van der Waals surface area contributed by atoms with Crippen molar-refractivity contribution in [3.63, 3.8) is 0 Å². The molecular formula is C12H13NO3S. The second kappa shape index (κ2) is 6.16. The normalized spacial score (nSPS) is 9.53. The molecule has 0 aromatic heterocycles. The molecule has 0 amide bonds. The molecule has 0 radical (unpaired) electrons. The van der Waals surface area contributed by atoms with E-state index in [9.17, 15) is 4.79 Å². The van der Waals surface area contributed by atoms with Crippen LogP contribution in [-0.2, 0) is 16.0 Å². The molecule has 0 aliphatic heterocycles. The summed E-state index contributed by atoms with van der Waals surface area (Å²) in [5, 5.41) is 8.85. The average Bonchev–Trinajstić information content (AvgIpc) is 2.30. The minimum absolute atomic E-state index is 0.107. The Morgan fingerprint density at radius 3 is 2.76 bits per heavy atom. The zero-order chi connectivity index (χ0) is 12.8. The SMILES string of the molecule is CCOC(=O)Cc1ccc(C#N)c(S)c1OC. The van der Waals surface area contributed by atoms with Crippen LogP contribution in [0.2, 0.25) is 0 Å². The molecule has 1 aromatic rings. The number of rotatable bonds is 4. The summed E-state index contributed by atoms with van der Waals surface area (Å²) in [5.74, 6) is 0.115. The zero-order valence-electron chi connectivity index (χ0n) is 9.69. The number of ether oxygens (including phenoxy) is 2. The molecule has 0 fully saturated rings. The molecule has 0 unspecified atom stereocenters. The van der Waals surface area contributed by atoms with Gasteiger partial charge < -0.3 is 9.47 Å². The van der Waals surface area contributed by atoms with Gasteiger partial charge in [0.25, 0.3) is 0 Å². The molecule has 0 aliphatic rings. The van der Waals surface area contributed by atoms with Crippen molar-refractivity contribution in [2.75, 3.05) is 13.7 Å². The molecule has 0 aliphatic carbocycles. The van der Waals surface area contributed by atoms with Gasteiger partial charge in [-0.2, -0.15) is 5.26 Å². The Balaban J connectivity index is 3.05. The third kappa shape index (κ3) is 3.14.